The molecular formula is C16H14BrNO5S2. The number of allylic oxidation sites excluding steroid dienone is 1. The van der Waals surface area contributed by atoms with Crippen molar-refractivity contribution >= 4 is 55.1 Å². The number of sulfonamides is 1. The molecule has 0 atom stereocenters. The molecule has 132 valence electrons. The van der Waals surface area contributed by atoms with E-state index >= 15 is 0 Å². The van der Waals surface area contributed by atoms with Gasteiger partial charge in [0.05, 0.1) is 11.3 Å². The highest BCUT2D eigenvalue weighted by Crippen LogP contribution is 2.21. The second kappa shape index (κ2) is 8.52. The van der Waals surface area contributed by atoms with Crippen molar-refractivity contribution in [1.82, 2.24) is 4.72 Å². The first-order valence-electron chi connectivity index (χ1n) is 7.06. The van der Waals surface area contributed by atoms with Crippen molar-refractivity contribution in [3.8, 4) is 0 Å². The number of hydrogen-bond donors (Lipinski definition) is 2. The third-order valence-electron chi connectivity index (χ3n) is 3.07. The number of thiophene rings is 1. The lowest BCUT2D eigenvalue weighted by atomic mass is 10.1. The number of halogens is 1. The largest absolute Gasteiger partial charge is 0.481 e. The number of aliphatic carboxylic acids is 1. The fraction of sp³-hybridized carbons (Fsp3) is 0.125. The minimum atomic E-state index is -3.80. The zero-order chi connectivity index (χ0) is 18.4. The van der Waals surface area contributed by atoms with Crippen LogP contribution in [0.5, 0.6) is 0 Å². The normalized spacial score (nSPS) is 11.7. The molecule has 25 heavy (non-hydrogen) atoms. The highest BCUT2D eigenvalue weighted by Gasteiger charge is 2.14. The summed E-state index contributed by atoms with van der Waals surface area (Å²) in [7, 11) is -3.80. The maximum absolute atomic E-state index is 12.1. The van der Waals surface area contributed by atoms with Crippen LogP contribution in [0.2, 0.25) is 0 Å². The number of ketones is 1. The molecule has 0 spiro atoms. The quantitative estimate of drug-likeness (QED) is 0.481. The summed E-state index contributed by atoms with van der Waals surface area (Å²) in [4.78, 5) is 23.4. The van der Waals surface area contributed by atoms with Crippen LogP contribution in [0.15, 0.2) is 51.2 Å². The number of nitrogens with one attached hydrogen (secondary N) is 1. The van der Waals surface area contributed by atoms with Gasteiger partial charge in [-0.2, -0.15) is 0 Å². The Bertz CT molecular complexity index is 901. The van der Waals surface area contributed by atoms with Gasteiger partial charge in [0.2, 0.25) is 10.0 Å². The molecule has 0 radical (unpaired) electrons. The highest BCUT2D eigenvalue weighted by atomic mass is 79.9. The number of rotatable bonds is 8. The topological polar surface area (TPSA) is 101 Å². The van der Waals surface area contributed by atoms with Gasteiger partial charge in [-0.25, -0.2) is 13.1 Å². The molecule has 2 rings (SSSR count). The van der Waals surface area contributed by atoms with Gasteiger partial charge >= 0.3 is 5.97 Å². The van der Waals surface area contributed by atoms with Crippen LogP contribution >= 0.6 is 27.3 Å². The Balaban J connectivity index is 2.04. The number of carbonyl (C=O) groups excluding carboxylic acids is 1. The number of carbonyl (C=O) groups is 2. The first kappa shape index (κ1) is 19.5. The number of hydrogen-bond acceptors (Lipinski definition) is 5. The van der Waals surface area contributed by atoms with Gasteiger partial charge < -0.3 is 5.11 Å². The summed E-state index contributed by atoms with van der Waals surface area (Å²) in [5.74, 6) is -1.33. The molecule has 0 unspecified atom stereocenters. The summed E-state index contributed by atoms with van der Waals surface area (Å²) in [5, 5.41) is 10.4. The lowest BCUT2D eigenvalue weighted by molar-refractivity contribution is -0.136. The van der Waals surface area contributed by atoms with Crippen LogP contribution in [0, 0.1) is 0 Å². The molecule has 9 heteroatoms. The molecule has 1 aromatic carbocycles. The van der Waals surface area contributed by atoms with Gasteiger partial charge in [-0.1, -0.05) is 0 Å². The molecule has 1 aromatic heterocycles. The van der Waals surface area contributed by atoms with E-state index < -0.39 is 16.0 Å². The molecule has 0 saturated carbocycles. The summed E-state index contributed by atoms with van der Waals surface area (Å²) < 4.78 is 27.1. The predicted octanol–water partition coefficient (Wildman–Crippen LogP) is 3.16. The number of carboxylic acids is 1. The third kappa shape index (κ3) is 5.89. The standard InChI is InChI=1S/C16H14BrNO5S2/c17-12-9-13(24-10-12)3-6-15(19)11-1-4-14(5-2-11)25(22,23)18-8-7-16(20)21/h1-6,9-10,18H,7-8H2,(H,20,21)/b6-3+. The zero-order valence-electron chi connectivity index (χ0n) is 12.8. The molecule has 0 aliphatic carbocycles. The van der Waals surface area contributed by atoms with E-state index in [1.165, 1.54) is 41.7 Å². The minimum absolute atomic E-state index is 0.0272. The Labute approximate surface area is 157 Å². The first-order chi connectivity index (χ1) is 11.8. The molecule has 6 nitrogen and oxygen atoms in total. The second-order valence-electron chi connectivity index (χ2n) is 4.93. The molecule has 2 N–H and O–H groups in total. The summed E-state index contributed by atoms with van der Waals surface area (Å²) in [6.07, 6.45) is 2.81. The molecule has 0 aliphatic heterocycles. The Hall–Kier alpha value is -1.81. The van der Waals surface area contributed by atoms with Crippen LogP contribution < -0.4 is 4.72 Å². The Morgan fingerprint density at radius 2 is 1.92 bits per heavy atom. The van der Waals surface area contributed by atoms with E-state index in [4.69, 9.17) is 5.11 Å². The van der Waals surface area contributed by atoms with Crippen molar-refractivity contribution in [3.63, 3.8) is 0 Å². The molecular weight excluding hydrogens is 430 g/mol. The summed E-state index contributed by atoms with van der Waals surface area (Å²) in [5.41, 5.74) is 0.358. The van der Waals surface area contributed by atoms with Crippen LogP contribution in [-0.4, -0.2) is 31.8 Å². The van der Waals surface area contributed by atoms with Crippen molar-refractivity contribution < 1.29 is 23.1 Å². The van der Waals surface area contributed by atoms with Gasteiger partial charge in [-0.05, 0) is 58.4 Å². The number of carboxylic acid groups (broad SMARTS) is 1. The Morgan fingerprint density at radius 1 is 1.24 bits per heavy atom. The molecule has 0 amide bonds. The predicted molar refractivity (Wildman–Crippen MR) is 99.3 cm³/mol. The van der Waals surface area contributed by atoms with Gasteiger partial charge in [0, 0.05) is 26.8 Å². The van der Waals surface area contributed by atoms with Crippen LogP contribution in [0.1, 0.15) is 21.7 Å². The van der Waals surface area contributed by atoms with Gasteiger partial charge in [-0.3, -0.25) is 9.59 Å². The van der Waals surface area contributed by atoms with E-state index in [2.05, 4.69) is 20.7 Å². The summed E-state index contributed by atoms with van der Waals surface area (Å²) in [6.45, 7) is -0.197. The van der Waals surface area contributed by atoms with Gasteiger partial charge in [0.15, 0.2) is 5.78 Å². The SMILES string of the molecule is O=C(O)CCNS(=O)(=O)c1ccc(C(=O)/C=C/c2cc(Br)cs2)cc1. The first-order valence-corrected chi connectivity index (χ1v) is 10.2. The molecule has 0 saturated heterocycles. The Morgan fingerprint density at radius 3 is 2.48 bits per heavy atom. The van der Waals surface area contributed by atoms with E-state index in [-0.39, 0.29) is 23.6 Å². The van der Waals surface area contributed by atoms with E-state index in [9.17, 15) is 18.0 Å². The van der Waals surface area contributed by atoms with E-state index in [1.54, 1.807) is 6.08 Å². The van der Waals surface area contributed by atoms with E-state index in [0.717, 1.165) is 9.35 Å². The van der Waals surface area contributed by atoms with Crippen LogP contribution in [-0.2, 0) is 14.8 Å². The summed E-state index contributed by atoms with van der Waals surface area (Å²) >= 11 is 4.82. The van der Waals surface area contributed by atoms with Crippen molar-refractivity contribution in [2.24, 2.45) is 0 Å². The monoisotopic (exact) mass is 443 g/mol. The van der Waals surface area contributed by atoms with Crippen molar-refractivity contribution in [3.05, 3.63) is 56.7 Å². The summed E-state index contributed by atoms with van der Waals surface area (Å²) in [6, 6.07) is 7.34. The van der Waals surface area contributed by atoms with Gasteiger partial charge in [0.25, 0.3) is 0 Å². The lowest BCUT2D eigenvalue weighted by Crippen LogP contribution is -2.26. The zero-order valence-corrected chi connectivity index (χ0v) is 16.0. The van der Waals surface area contributed by atoms with Crippen molar-refractivity contribution in [1.29, 1.82) is 0 Å². The maximum atomic E-state index is 12.1. The molecule has 0 aliphatic rings. The number of benzene rings is 1. The average molecular weight is 444 g/mol. The van der Waals surface area contributed by atoms with Crippen LogP contribution in [0.3, 0.4) is 0 Å². The van der Waals surface area contributed by atoms with Crippen LogP contribution in [0.4, 0.5) is 0 Å². The minimum Gasteiger partial charge on any atom is -0.481 e. The molecule has 0 fully saturated rings. The van der Waals surface area contributed by atoms with E-state index in [1.807, 2.05) is 11.4 Å². The fourth-order valence-corrected chi connectivity index (χ4v) is 4.21. The highest BCUT2D eigenvalue weighted by molar-refractivity contribution is 9.10. The Kier molecular flexibility index (Phi) is 6.65. The molecule has 0 bridgehead atoms. The average Bonchev–Trinajstić information content (AvgIpc) is 2.97. The molecule has 1 heterocycles. The van der Waals surface area contributed by atoms with E-state index in [0.29, 0.717) is 5.56 Å². The van der Waals surface area contributed by atoms with Crippen LogP contribution in [0.25, 0.3) is 6.08 Å². The van der Waals surface area contributed by atoms with Gasteiger partial charge in [-0.15, -0.1) is 11.3 Å². The fourth-order valence-electron chi connectivity index (χ4n) is 1.84. The van der Waals surface area contributed by atoms with Crippen molar-refractivity contribution in [2.45, 2.75) is 11.3 Å². The second-order valence-corrected chi connectivity index (χ2v) is 8.56. The molecule has 2 aromatic rings. The lowest BCUT2D eigenvalue weighted by Gasteiger charge is -2.06. The van der Waals surface area contributed by atoms with Gasteiger partial charge in [0.1, 0.15) is 0 Å². The maximum Gasteiger partial charge on any atom is 0.304 e. The van der Waals surface area contributed by atoms with Crippen molar-refractivity contribution in [2.75, 3.05) is 6.54 Å². The third-order valence-corrected chi connectivity index (χ3v) is 6.20. The smallest absolute Gasteiger partial charge is 0.304 e.